The highest BCUT2D eigenvalue weighted by Crippen LogP contribution is 2.40. The molecule has 2 aliphatic carbocycles. The molecule has 0 aliphatic heterocycles. The second-order valence-corrected chi connectivity index (χ2v) is 16.2. The summed E-state index contributed by atoms with van der Waals surface area (Å²) < 4.78 is 17.2. The quantitative estimate of drug-likeness (QED) is 0.0798. The van der Waals surface area contributed by atoms with Crippen LogP contribution in [0.4, 0.5) is 0 Å². The van der Waals surface area contributed by atoms with Crippen molar-refractivity contribution in [1.29, 1.82) is 0 Å². The minimum Gasteiger partial charge on any atom is -0.494 e. The van der Waals surface area contributed by atoms with E-state index in [1.807, 2.05) is 12.1 Å². The number of ether oxygens (including phenoxy) is 3. The number of esters is 1. The molecule has 0 atom stereocenters. The molecule has 4 nitrogen and oxygen atoms in total. The lowest BCUT2D eigenvalue weighted by Gasteiger charge is -2.29. The van der Waals surface area contributed by atoms with Gasteiger partial charge in [-0.05, 0) is 149 Å². The molecular weight excluding hydrogens is 677 g/mol. The number of aryl methyl sites for hydroxylation is 3. The zero-order valence-corrected chi connectivity index (χ0v) is 34.4. The second kappa shape index (κ2) is 23.2. The number of carbonyl (C=O) groups is 1. The van der Waals surface area contributed by atoms with Crippen LogP contribution in [0.2, 0.25) is 0 Å². The lowest BCUT2D eigenvalue weighted by molar-refractivity contribution is -0.150. The topological polar surface area (TPSA) is 44.8 Å². The highest BCUT2D eigenvalue weighted by atomic mass is 16.5. The van der Waals surface area contributed by atoms with E-state index in [9.17, 15) is 4.79 Å². The van der Waals surface area contributed by atoms with Crippen LogP contribution in [0.5, 0.6) is 5.75 Å². The van der Waals surface area contributed by atoms with Crippen LogP contribution >= 0.6 is 0 Å². The Morgan fingerprint density at radius 1 is 0.582 bits per heavy atom. The Hall–Kier alpha value is -3.89. The molecular formula is C51H68O4. The summed E-state index contributed by atoms with van der Waals surface area (Å²) in [7, 11) is 0. The maximum Gasteiger partial charge on any atom is 0.306 e. The molecule has 0 spiro atoms. The first-order valence-corrected chi connectivity index (χ1v) is 21.6. The molecule has 2 fully saturated rings. The van der Waals surface area contributed by atoms with Gasteiger partial charge in [0.15, 0.2) is 0 Å². The van der Waals surface area contributed by atoms with Crippen molar-refractivity contribution in [3.8, 4) is 16.9 Å². The van der Waals surface area contributed by atoms with Gasteiger partial charge in [0.1, 0.15) is 11.9 Å². The van der Waals surface area contributed by atoms with Gasteiger partial charge in [0, 0.05) is 19.6 Å². The zero-order valence-electron chi connectivity index (χ0n) is 34.4. The van der Waals surface area contributed by atoms with E-state index >= 15 is 0 Å². The van der Waals surface area contributed by atoms with Crippen molar-refractivity contribution < 1.29 is 19.0 Å². The molecule has 2 aliphatic rings. The third kappa shape index (κ3) is 14.6. The number of unbranched alkanes of at least 4 members (excludes halogenated alkanes) is 2. The van der Waals surface area contributed by atoms with Crippen LogP contribution in [0.1, 0.15) is 143 Å². The molecule has 0 amide bonds. The molecule has 296 valence electrons. The van der Waals surface area contributed by atoms with E-state index in [0.717, 1.165) is 80.8 Å². The highest BCUT2D eigenvalue weighted by Gasteiger charge is 2.24. The van der Waals surface area contributed by atoms with Crippen LogP contribution in [-0.4, -0.2) is 31.9 Å². The van der Waals surface area contributed by atoms with E-state index in [1.54, 1.807) is 0 Å². The molecule has 55 heavy (non-hydrogen) atoms. The molecule has 0 N–H and O–H groups in total. The number of rotatable bonds is 17. The SMILES string of the molecule is CCCCOCCCCOc1ccc(-c2ccc(CCC(=O)OC3CCC(CC)CC3)cc2)cc1.Cc1ccc(C2CCC(c3ccc(C)cc3)CC2)cc1. The molecule has 4 aromatic carbocycles. The van der Waals surface area contributed by atoms with Crippen molar-refractivity contribution in [3.05, 3.63) is 125 Å². The molecule has 0 saturated heterocycles. The highest BCUT2D eigenvalue weighted by molar-refractivity contribution is 5.70. The van der Waals surface area contributed by atoms with Crippen LogP contribution in [-0.2, 0) is 20.7 Å². The standard InChI is InChI=1S/C31H44O4.C20H24/c1-3-5-22-33-23-6-7-24-34-29-19-15-28(16-20-29)27-13-8-26(9-14-27)12-21-31(32)35-30-17-10-25(4-2)11-18-30;1-15-3-7-17(8-4-15)19-11-13-20(14-12-19)18-9-5-16(2)6-10-18/h8-9,13-16,19-20,25,30H,3-7,10-12,17-18,21-24H2,1-2H3;3-10,19-20H,11-14H2,1-2H3. The van der Waals surface area contributed by atoms with Gasteiger partial charge in [0.05, 0.1) is 6.61 Å². The first-order valence-electron chi connectivity index (χ1n) is 21.6. The van der Waals surface area contributed by atoms with Crippen LogP contribution in [0.25, 0.3) is 11.1 Å². The number of hydrogen-bond acceptors (Lipinski definition) is 4. The molecule has 0 bridgehead atoms. The van der Waals surface area contributed by atoms with Gasteiger partial charge in [-0.15, -0.1) is 0 Å². The van der Waals surface area contributed by atoms with Gasteiger partial charge >= 0.3 is 5.97 Å². The third-order valence-electron chi connectivity index (χ3n) is 11.8. The largest absolute Gasteiger partial charge is 0.494 e. The third-order valence-corrected chi connectivity index (χ3v) is 11.8. The lowest BCUT2D eigenvalue weighted by atomic mass is 9.76. The van der Waals surface area contributed by atoms with E-state index in [1.165, 1.54) is 84.7 Å². The van der Waals surface area contributed by atoms with Crippen LogP contribution in [0, 0.1) is 19.8 Å². The predicted octanol–water partition coefficient (Wildman–Crippen LogP) is 13.5. The molecule has 0 aromatic heterocycles. The Morgan fingerprint density at radius 3 is 1.62 bits per heavy atom. The summed E-state index contributed by atoms with van der Waals surface area (Å²) >= 11 is 0. The normalized spacial score (nSPS) is 19.6. The molecule has 0 radical (unpaired) electrons. The summed E-state index contributed by atoms with van der Waals surface area (Å²) in [5, 5.41) is 0. The number of hydrogen-bond donors (Lipinski definition) is 0. The second-order valence-electron chi connectivity index (χ2n) is 16.2. The summed E-state index contributed by atoms with van der Waals surface area (Å²) in [6.07, 6.45) is 16.7. The van der Waals surface area contributed by atoms with Crippen molar-refractivity contribution in [1.82, 2.24) is 0 Å². The van der Waals surface area contributed by atoms with Gasteiger partial charge < -0.3 is 14.2 Å². The monoisotopic (exact) mass is 745 g/mol. The van der Waals surface area contributed by atoms with Gasteiger partial charge in [-0.25, -0.2) is 0 Å². The molecule has 0 heterocycles. The van der Waals surface area contributed by atoms with Crippen LogP contribution in [0.15, 0.2) is 97.1 Å². The van der Waals surface area contributed by atoms with E-state index in [2.05, 4.69) is 113 Å². The van der Waals surface area contributed by atoms with Crippen molar-refractivity contribution in [2.45, 2.75) is 142 Å². The molecule has 4 aromatic rings. The van der Waals surface area contributed by atoms with E-state index in [0.29, 0.717) is 13.0 Å². The Labute approximate surface area is 333 Å². The van der Waals surface area contributed by atoms with Crippen molar-refractivity contribution in [2.75, 3.05) is 19.8 Å². The maximum atomic E-state index is 12.3. The van der Waals surface area contributed by atoms with Crippen molar-refractivity contribution in [3.63, 3.8) is 0 Å². The Bertz CT molecular complexity index is 1570. The Balaban J connectivity index is 0.000000244. The fraction of sp³-hybridized carbons (Fsp3) is 0.510. The average Bonchev–Trinajstić information content (AvgIpc) is 3.23. The molecule has 6 rings (SSSR count). The molecule has 4 heteroatoms. The molecule has 2 saturated carbocycles. The minimum atomic E-state index is -0.0615. The van der Waals surface area contributed by atoms with Crippen LogP contribution in [0.3, 0.4) is 0 Å². The average molecular weight is 745 g/mol. The summed E-state index contributed by atoms with van der Waals surface area (Å²) in [5.74, 6) is 3.21. The van der Waals surface area contributed by atoms with Gasteiger partial charge in [0.25, 0.3) is 0 Å². The number of benzene rings is 4. The summed E-state index contributed by atoms with van der Waals surface area (Å²) in [6.45, 7) is 11.2. The van der Waals surface area contributed by atoms with E-state index in [4.69, 9.17) is 14.2 Å². The van der Waals surface area contributed by atoms with Gasteiger partial charge in [0.2, 0.25) is 0 Å². The van der Waals surface area contributed by atoms with Gasteiger partial charge in [-0.2, -0.15) is 0 Å². The van der Waals surface area contributed by atoms with Gasteiger partial charge in [-0.1, -0.05) is 123 Å². The zero-order chi connectivity index (χ0) is 38.7. The fourth-order valence-electron chi connectivity index (χ4n) is 8.04. The van der Waals surface area contributed by atoms with Crippen molar-refractivity contribution >= 4 is 5.97 Å². The molecule has 0 unspecified atom stereocenters. The summed E-state index contributed by atoms with van der Waals surface area (Å²) in [4.78, 5) is 12.3. The minimum absolute atomic E-state index is 0.0615. The first kappa shape index (κ1) is 42.3. The maximum absolute atomic E-state index is 12.3. The summed E-state index contributed by atoms with van der Waals surface area (Å²) in [6, 6.07) is 35.1. The Kier molecular flexibility index (Phi) is 17.9. The van der Waals surface area contributed by atoms with Gasteiger partial charge in [-0.3, -0.25) is 4.79 Å². The van der Waals surface area contributed by atoms with E-state index < -0.39 is 0 Å². The Morgan fingerprint density at radius 2 is 1.09 bits per heavy atom. The van der Waals surface area contributed by atoms with E-state index in [-0.39, 0.29) is 12.1 Å². The lowest BCUT2D eigenvalue weighted by Crippen LogP contribution is -2.24. The smallest absolute Gasteiger partial charge is 0.306 e. The first-order chi connectivity index (χ1) is 26.9. The number of carbonyl (C=O) groups excluding carboxylic acids is 1. The summed E-state index contributed by atoms with van der Waals surface area (Å²) in [5.41, 5.74) is 9.30. The predicted molar refractivity (Wildman–Crippen MR) is 229 cm³/mol. The van der Waals surface area contributed by atoms with Crippen molar-refractivity contribution in [2.24, 2.45) is 5.92 Å². The van der Waals surface area contributed by atoms with Crippen LogP contribution < -0.4 is 4.74 Å². The fourth-order valence-corrected chi connectivity index (χ4v) is 8.04.